The highest BCUT2D eigenvalue weighted by molar-refractivity contribution is 6.04. The average molecular weight is 433 g/mol. The van der Waals surface area contributed by atoms with Gasteiger partial charge in [0.15, 0.2) is 5.69 Å². The summed E-state index contributed by atoms with van der Waals surface area (Å²) in [5, 5.41) is 13.6. The SMILES string of the molecule is NC(=O)c1nc(-c2ccc(C(=O)O)cc2)[nH]c1NC(=O)Nc1ccc(C(F)(F)F)cc1. The molecule has 0 unspecified atom stereocenters. The predicted molar refractivity (Wildman–Crippen MR) is 104 cm³/mol. The van der Waals surface area contributed by atoms with Crippen LogP contribution >= 0.6 is 0 Å². The van der Waals surface area contributed by atoms with Crippen LogP contribution < -0.4 is 16.4 Å². The zero-order chi connectivity index (χ0) is 22.8. The summed E-state index contributed by atoms with van der Waals surface area (Å²) in [6.45, 7) is 0. The number of amides is 3. The molecule has 0 aliphatic rings. The molecule has 12 heteroatoms. The lowest BCUT2D eigenvalue weighted by atomic mass is 10.1. The molecule has 0 bridgehead atoms. The van der Waals surface area contributed by atoms with Crippen LogP contribution in [0.1, 0.15) is 26.4 Å². The summed E-state index contributed by atoms with van der Waals surface area (Å²) in [5.41, 5.74) is 4.65. The van der Waals surface area contributed by atoms with Crippen molar-refractivity contribution in [1.29, 1.82) is 0 Å². The third-order valence-electron chi connectivity index (χ3n) is 4.05. The van der Waals surface area contributed by atoms with Gasteiger partial charge < -0.3 is 21.1 Å². The summed E-state index contributed by atoms with van der Waals surface area (Å²) in [5.74, 6) is -2.08. The molecule has 3 rings (SSSR count). The summed E-state index contributed by atoms with van der Waals surface area (Å²) >= 11 is 0. The van der Waals surface area contributed by atoms with Crippen molar-refractivity contribution in [1.82, 2.24) is 9.97 Å². The van der Waals surface area contributed by atoms with Crippen molar-refractivity contribution in [3.05, 3.63) is 65.4 Å². The largest absolute Gasteiger partial charge is 0.478 e. The van der Waals surface area contributed by atoms with Gasteiger partial charge in [0.05, 0.1) is 11.1 Å². The number of aromatic amines is 1. The van der Waals surface area contributed by atoms with Gasteiger partial charge >= 0.3 is 18.2 Å². The van der Waals surface area contributed by atoms with Crippen molar-refractivity contribution in [2.45, 2.75) is 6.18 Å². The van der Waals surface area contributed by atoms with Crippen molar-refractivity contribution in [2.24, 2.45) is 5.73 Å². The molecule has 0 aliphatic carbocycles. The van der Waals surface area contributed by atoms with Crippen molar-refractivity contribution >= 4 is 29.4 Å². The van der Waals surface area contributed by atoms with Crippen LogP contribution in [0.3, 0.4) is 0 Å². The number of carboxylic acid groups (broad SMARTS) is 1. The first-order valence-electron chi connectivity index (χ1n) is 8.53. The molecule has 31 heavy (non-hydrogen) atoms. The number of nitrogens with one attached hydrogen (secondary N) is 3. The first kappa shape index (κ1) is 21.4. The standard InChI is InChI=1S/C19H14F3N5O4/c20-19(21,22)11-5-7-12(8-6-11)24-18(31)27-16-13(14(23)28)25-15(26-16)9-1-3-10(4-2-9)17(29)30/h1-8H,(H2,23,28)(H,25,26)(H,29,30)(H2,24,27,31). The minimum atomic E-state index is -4.51. The van der Waals surface area contributed by atoms with Crippen LogP contribution in [0.25, 0.3) is 11.4 Å². The Labute approximate surface area is 172 Å². The van der Waals surface area contributed by atoms with Gasteiger partial charge in [-0.3, -0.25) is 10.1 Å². The number of alkyl halides is 3. The Bertz CT molecular complexity index is 1140. The van der Waals surface area contributed by atoms with Gasteiger partial charge in [0.25, 0.3) is 5.91 Å². The summed E-state index contributed by atoms with van der Waals surface area (Å²) in [4.78, 5) is 41.5. The van der Waals surface area contributed by atoms with E-state index in [0.29, 0.717) is 5.56 Å². The maximum atomic E-state index is 12.6. The Kier molecular flexibility index (Phi) is 5.64. The van der Waals surface area contributed by atoms with E-state index < -0.39 is 29.6 Å². The minimum Gasteiger partial charge on any atom is -0.478 e. The first-order valence-corrected chi connectivity index (χ1v) is 8.53. The molecule has 0 atom stereocenters. The maximum Gasteiger partial charge on any atom is 0.416 e. The molecule has 0 saturated carbocycles. The number of imidazole rings is 1. The summed E-state index contributed by atoms with van der Waals surface area (Å²) in [7, 11) is 0. The van der Waals surface area contributed by atoms with E-state index in [4.69, 9.17) is 10.8 Å². The van der Waals surface area contributed by atoms with E-state index in [9.17, 15) is 27.6 Å². The highest BCUT2D eigenvalue weighted by Crippen LogP contribution is 2.30. The molecule has 1 heterocycles. The number of aromatic nitrogens is 2. The van der Waals surface area contributed by atoms with E-state index >= 15 is 0 Å². The van der Waals surface area contributed by atoms with E-state index in [2.05, 4.69) is 20.6 Å². The van der Waals surface area contributed by atoms with Crippen LogP contribution in [-0.4, -0.2) is 33.0 Å². The lowest BCUT2D eigenvalue weighted by Gasteiger charge is -2.09. The normalized spacial score (nSPS) is 11.1. The van der Waals surface area contributed by atoms with Gasteiger partial charge in [-0.15, -0.1) is 0 Å². The van der Waals surface area contributed by atoms with Gasteiger partial charge in [0.1, 0.15) is 11.6 Å². The lowest BCUT2D eigenvalue weighted by Crippen LogP contribution is -2.22. The highest BCUT2D eigenvalue weighted by atomic mass is 19.4. The number of hydrogen-bond acceptors (Lipinski definition) is 4. The van der Waals surface area contributed by atoms with Crippen LogP contribution in [0.2, 0.25) is 0 Å². The number of H-pyrrole nitrogens is 1. The molecule has 0 radical (unpaired) electrons. The molecule has 3 aromatic rings. The second-order valence-electron chi connectivity index (χ2n) is 6.21. The molecular formula is C19H14F3N5O4. The van der Waals surface area contributed by atoms with E-state index in [1.807, 2.05) is 0 Å². The number of rotatable bonds is 5. The smallest absolute Gasteiger partial charge is 0.416 e. The molecule has 0 saturated heterocycles. The molecule has 6 N–H and O–H groups in total. The van der Waals surface area contributed by atoms with Crippen LogP contribution in [0.4, 0.5) is 29.5 Å². The van der Waals surface area contributed by atoms with E-state index in [1.54, 1.807) is 0 Å². The fourth-order valence-corrected chi connectivity index (χ4v) is 2.57. The number of primary amides is 1. The van der Waals surface area contributed by atoms with Crippen LogP contribution in [0.5, 0.6) is 0 Å². The molecule has 160 valence electrons. The predicted octanol–water partition coefficient (Wildman–Crippen LogP) is 3.54. The third-order valence-corrected chi connectivity index (χ3v) is 4.05. The summed E-state index contributed by atoms with van der Waals surface area (Å²) in [6, 6.07) is 8.43. The highest BCUT2D eigenvalue weighted by Gasteiger charge is 2.30. The fourth-order valence-electron chi connectivity index (χ4n) is 2.57. The summed E-state index contributed by atoms with van der Waals surface area (Å²) < 4.78 is 37.8. The Morgan fingerprint density at radius 3 is 2.10 bits per heavy atom. The quantitative estimate of drug-likeness (QED) is 0.417. The number of hydrogen-bond donors (Lipinski definition) is 5. The summed E-state index contributed by atoms with van der Waals surface area (Å²) in [6.07, 6.45) is -4.51. The number of carbonyl (C=O) groups is 3. The van der Waals surface area contributed by atoms with Crippen LogP contribution in [0.15, 0.2) is 48.5 Å². The van der Waals surface area contributed by atoms with Gasteiger partial charge in [-0.2, -0.15) is 13.2 Å². The van der Waals surface area contributed by atoms with E-state index in [1.165, 1.54) is 24.3 Å². The molecular weight excluding hydrogens is 419 g/mol. The van der Waals surface area contributed by atoms with Gasteiger partial charge in [0.2, 0.25) is 0 Å². The molecule has 0 spiro atoms. The zero-order valence-corrected chi connectivity index (χ0v) is 15.4. The van der Waals surface area contributed by atoms with Gasteiger partial charge in [0, 0.05) is 11.3 Å². The Hall–Kier alpha value is -4.35. The number of carboxylic acids is 1. The third kappa shape index (κ3) is 4.98. The zero-order valence-electron chi connectivity index (χ0n) is 15.4. The maximum absolute atomic E-state index is 12.6. The number of carbonyl (C=O) groups excluding carboxylic acids is 2. The number of aromatic carboxylic acids is 1. The Balaban J connectivity index is 1.78. The van der Waals surface area contributed by atoms with Crippen molar-refractivity contribution in [3.63, 3.8) is 0 Å². The second-order valence-corrected chi connectivity index (χ2v) is 6.21. The number of nitrogens with two attached hydrogens (primary N) is 1. The topological polar surface area (TPSA) is 150 Å². The van der Waals surface area contributed by atoms with Crippen LogP contribution in [-0.2, 0) is 6.18 Å². The van der Waals surface area contributed by atoms with Gasteiger partial charge in [-0.05, 0) is 36.4 Å². The molecule has 1 aromatic heterocycles. The Morgan fingerprint density at radius 1 is 0.968 bits per heavy atom. The number of anilines is 2. The van der Waals surface area contributed by atoms with E-state index in [-0.39, 0.29) is 28.6 Å². The number of benzene rings is 2. The average Bonchev–Trinajstić information content (AvgIpc) is 3.11. The van der Waals surface area contributed by atoms with Crippen molar-refractivity contribution in [2.75, 3.05) is 10.6 Å². The van der Waals surface area contributed by atoms with Crippen molar-refractivity contribution < 1.29 is 32.7 Å². The minimum absolute atomic E-state index is 0.0414. The number of nitrogens with zero attached hydrogens (tertiary/aromatic N) is 1. The second kappa shape index (κ2) is 8.18. The Morgan fingerprint density at radius 2 is 1.58 bits per heavy atom. The number of urea groups is 1. The molecule has 0 fully saturated rings. The molecule has 0 aliphatic heterocycles. The lowest BCUT2D eigenvalue weighted by molar-refractivity contribution is -0.137. The molecule has 3 amide bonds. The van der Waals surface area contributed by atoms with Crippen LogP contribution in [0, 0.1) is 0 Å². The van der Waals surface area contributed by atoms with E-state index in [0.717, 1.165) is 24.3 Å². The fraction of sp³-hybridized carbons (Fsp3) is 0.0526. The van der Waals surface area contributed by atoms with Gasteiger partial charge in [-0.1, -0.05) is 12.1 Å². The number of halogens is 3. The van der Waals surface area contributed by atoms with Gasteiger partial charge in [-0.25, -0.2) is 14.6 Å². The van der Waals surface area contributed by atoms with Crippen molar-refractivity contribution in [3.8, 4) is 11.4 Å². The molecule has 9 nitrogen and oxygen atoms in total. The monoisotopic (exact) mass is 433 g/mol. The first-order chi connectivity index (χ1) is 14.5. The molecule has 2 aromatic carbocycles.